The molecule has 192 valence electrons. The molecule has 0 atom stereocenters. The summed E-state index contributed by atoms with van der Waals surface area (Å²) < 4.78 is 11.4. The lowest BCUT2D eigenvalue weighted by Crippen LogP contribution is -2.41. The number of benzene rings is 1. The highest BCUT2D eigenvalue weighted by atomic mass is 16.5. The maximum absolute atomic E-state index is 12.6. The van der Waals surface area contributed by atoms with Gasteiger partial charge in [-0.3, -0.25) is 14.6 Å². The zero-order chi connectivity index (χ0) is 24.7. The van der Waals surface area contributed by atoms with Gasteiger partial charge in [-0.25, -0.2) is 0 Å². The van der Waals surface area contributed by atoms with Gasteiger partial charge in [-0.05, 0) is 41.5 Å². The number of morpholine rings is 1. The molecular formula is C29H43N3O3. The third kappa shape index (κ3) is 7.66. The van der Waals surface area contributed by atoms with E-state index in [0.29, 0.717) is 18.3 Å². The molecule has 4 rings (SSSR count). The summed E-state index contributed by atoms with van der Waals surface area (Å²) in [6.07, 6.45) is 6.38. The Bertz CT molecular complexity index is 919. The lowest BCUT2D eigenvalue weighted by atomic mass is 9.86. The van der Waals surface area contributed by atoms with Crippen LogP contribution in [0.15, 0.2) is 40.8 Å². The van der Waals surface area contributed by atoms with E-state index in [9.17, 15) is 4.79 Å². The Kier molecular flexibility index (Phi) is 9.04. The summed E-state index contributed by atoms with van der Waals surface area (Å²) in [5.74, 6) is 1.13. The first-order valence-corrected chi connectivity index (χ1v) is 13.4. The highest BCUT2D eigenvalue weighted by Crippen LogP contribution is 2.27. The minimum Gasteiger partial charge on any atom is -0.455 e. The molecule has 1 aliphatic carbocycles. The van der Waals surface area contributed by atoms with Crippen molar-refractivity contribution in [2.24, 2.45) is 0 Å². The molecule has 1 aromatic heterocycles. The highest BCUT2D eigenvalue weighted by Gasteiger charge is 2.23. The predicted octanol–water partition coefficient (Wildman–Crippen LogP) is 4.97. The lowest BCUT2D eigenvalue weighted by molar-refractivity contribution is 0.0382. The quantitative estimate of drug-likeness (QED) is 0.548. The van der Waals surface area contributed by atoms with E-state index in [1.807, 2.05) is 12.1 Å². The number of furan rings is 1. The number of ether oxygens (including phenoxy) is 1. The smallest absolute Gasteiger partial charge is 0.287 e. The Labute approximate surface area is 211 Å². The molecule has 1 saturated carbocycles. The van der Waals surface area contributed by atoms with Crippen LogP contribution in [0.5, 0.6) is 0 Å². The summed E-state index contributed by atoms with van der Waals surface area (Å²) in [5.41, 5.74) is 2.85. The molecule has 2 aliphatic rings. The van der Waals surface area contributed by atoms with Crippen LogP contribution in [0, 0.1) is 0 Å². The molecule has 1 aliphatic heterocycles. The molecule has 2 fully saturated rings. The zero-order valence-corrected chi connectivity index (χ0v) is 21.9. The molecule has 1 amide bonds. The Morgan fingerprint density at radius 1 is 1.00 bits per heavy atom. The second kappa shape index (κ2) is 12.2. The molecule has 6 nitrogen and oxygen atoms in total. The van der Waals surface area contributed by atoms with E-state index in [2.05, 4.69) is 60.2 Å². The number of rotatable bonds is 9. The molecule has 1 saturated heterocycles. The van der Waals surface area contributed by atoms with E-state index in [1.165, 1.54) is 43.2 Å². The molecule has 0 radical (unpaired) electrons. The second-order valence-electron chi connectivity index (χ2n) is 11.1. The van der Waals surface area contributed by atoms with E-state index in [1.54, 1.807) is 0 Å². The van der Waals surface area contributed by atoms with Crippen molar-refractivity contribution in [1.82, 2.24) is 15.1 Å². The van der Waals surface area contributed by atoms with Crippen LogP contribution in [0.4, 0.5) is 0 Å². The molecule has 35 heavy (non-hydrogen) atoms. The van der Waals surface area contributed by atoms with Crippen LogP contribution in [-0.4, -0.2) is 61.1 Å². The van der Waals surface area contributed by atoms with Crippen LogP contribution in [0.1, 0.15) is 80.3 Å². The van der Waals surface area contributed by atoms with Crippen LogP contribution in [0.2, 0.25) is 0 Å². The SMILES string of the molecule is CC(C)(C)c1ccc(CN(Cc2ccc(C(=O)NCCN3CCOCC3)o2)C2CCCCC2)cc1. The first-order valence-electron chi connectivity index (χ1n) is 13.4. The van der Waals surface area contributed by atoms with Gasteiger partial charge in [0.2, 0.25) is 0 Å². The molecule has 0 spiro atoms. The minimum absolute atomic E-state index is 0.133. The summed E-state index contributed by atoms with van der Waals surface area (Å²) in [6, 6.07) is 13.4. The monoisotopic (exact) mass is 481 g/mol. The number of carbonyl (C=O) groups excluding carboxylic acids is 1. The van der Waals surface area contributed by atoms with Gasteiger partial charge in [-0.1, -0.05) is 64.3 Å². The van der Waals surface area contributed by atoms with Gasteiger partial charge < -0.3 is 14.5 Å². The number of nitrogens with zero attached hydrogens (tertiary/aromatic N) is 2. The van der Waals surface area contributed by atoms with Crippen molar-refractivity contribution in [1.29, 1.82) is 0 Å². The van der Waals surface area contributed by atoms with Crippen molar-refractivity contribution in [2.45, 2.75) is 77.4 Å². The van der Waals surface area contributed by atoms with Gasteiger partial charge >= 0.3 is 0 Å². The van der Waals surface area contributed by atoms with Crippen molar-refractivity contribution in [3.63, 3.8) is 0 Å². The summed E-state index contributed by atoms with van der Waals surface area (Å²) in [4.78, 5) is 17.5. The third-order valence-corrected chi connectivity index (χ3v) is 7.36. The van der Waals surface area contributed by atoms with E-state index >= 15 is 0 Å². The predicted molar refractivity (Wildman–Crippen MR) is 140 cm³/mol. The van der Waals surface area contributed by atoms with Gasteiger partial charge in [0.15, 0.2) is 5.76 Å². The summed E-state index contributed by atoms with van der Waals surface area (Å²) in [6.45, 7) is 13.2. The maximum atomic E-state index is 12.6. The zero-order valence-electron chi connectivity index (χ0n) is 21.9. The minimum atomic E-state index is -0.133. The first-order chi connectivity index (χ1) is 16.9. The molecular weight excluding hydrogens is 438 g/mol. The Hall–Kier alpha value is -2.15. The average molecular weight is 482 g/mol. The summed E-state index contributed by atoms with van der Waals surface area (Å²) in [5, 5.41) is 3.00. The van der Waals surface area contributed by atoms with Gasteiger partial charge in [0.1, 0.15) is 5.76 Å². The van der Waals surface area contributed by atoms with Crippen LogP contribution < -0.4 is 5.32 Å². The lowest BCUT2D eigenvalue weighted by Gasteiger charge is -2.34. The fraction of sp³-hybridized carbons (Fsp3) is 0.621. The van der Waals surface area contributed by atoms with Crippen molar-refractivity contribution < 1.29 is 13.9 Å². The van der Waals surface area contributed by atoms with Crippen LogP contribution >= 0.6 is 0 Å². The summed E-state index contributed by atoms with van der Waals surface area (Å²) in [7, 11) is 0. The first kappa shape index (κ1) is 25.9. The fourth-order valence-electron chi connectivity index (χ4n) is 5.13. The number of hydrogen-bond donors (Lipinski definition) is 1. The Morgan fingerprint density at radius 3 is 2.40 bits per heavy atom. The van der Waals surface area contributed by atoms with Crippen molar-refractivity contribution >= 4 is 5.91 Å². The number of hydrogen-bond acceptors (Lipinski definition) is 5. The van der Waals surface area contributed by atoms with Gasteiger partial charge in [0.25, 0.3) is 5.91 Å². The number of nitrogens with one attached hydrogen (secondary N) is 1. The molecule has 2 aromatic rings. The molecule has 0 unspecified atom stereocenters. The van der Waals surface area contributed by atoms with Crippen molar-refractivity contribution in [3.05, 3.63) is 59.0 Å². The van der Waals surface area contributed by atoms with Gasteiger partial charge in [0.05, 0.1) is 19.8 Å². The molecule has 2 heterocycles. The molecule has 0 bridgehead atoms. The van der Waals surface area contributed by atoms with Crippen LogP contribution in [-0.2, 0) is 23.2 Å². The fourth-order valence-corrected chi connectivity index (χ4v) is 5.13. The van der Waals surface area contributed by atoms with Gasteiger partial charge in [-0.2, -0.15) is 0 Å². The number of carbonyl (C=O) groups is 1. The Morgan fingerprint density at radius 2 is 1.71 bits per heavy atom. The van der Waals surface area contributed by atoms with Crippen molar-refractivity contribution in [2.75, 3.05) is 39.4 Å². The average Bonchev–Trinajstić information content (AvgIpc) is 3.33. The maximum Gasteiger partial charge on any atom is 0.287 e. The highest BCUT2D eigenvalue weighted by molar-refractivity contribution is 5.91. The number of amides is 1. The van der Waals surface area contributed by atoms with Crippen LogP contribution in [0.3, 0.4) is 0 Å². The Balaban J connectivity index is 1.35. The van der Waals surface area contributed by atoms with Crippen LogP contribution in [0.25, 0.3) is 0 Å². The third-order valence-electron chi connectivity index (χ3n) is 7.36. The van der Waals surface area contributed by atoms with E-state index in [-0.39, 0.29) is 11.3 Å². The largest absolute Gasteiger partial charge is 0.455 e. The second-order valence-corrected chi connectivity index (χ2v) is 11.1. The van der Waals surface area contributed by atoms with E-state index in [0.717, 1.165) is 51.7 Å². The molecule has 6 heteroatoms. The van der Waals surface area contributed by atoms with Gasteiger partial charge in [-0.15, -0.1) is 0 Å². The van der Waals surface area contributed by atoms with Crippen molar-refractivity contribution in [3.8, 4) is 0 Å². The molecule has 1 N–H and O–H groups in total. The van der Waals surface area contributed by atoms with E-state index in [4.69, 9.17) is 9.15 Å². The normalized spacial score (nSPS) is 18.2. The summed E-state index contributed by atoms with van der Waals surface area (Å²) >= 11 is 0. The molecule has 1 aromatic carbocycles. The standard InChI is InChI=1S/C29H43N3O3/c1-29(2,3)24-11-9-23(10-12-24)21-32(25-7-5-4-6-8-25)22-26-13-14-27(35-26)28(33)30-15-16-31-17-19-34-20-18-31/h9-14,25H,4-8,15-22H2,1-3H3,(H,30,33). The van der Waals surface area contributed by atoms with E-state index < -0.39 is 0 Å². The topological polar surface area (TPSA) is 58.0 Å². The van der Waals surface area contributed by atoms with Gasteiger partial charge in [0, 0.05) is 38.8 Å².